The Labute approximate surface area is 53.4 Å². The molecule has 0 aliphatic heterocycles. The van der Waals surface area contributed by atoms with Crippen molar-refractivity contribution in [3.05, 3.63) is 6.92 Å². The van der Waals surface area contributed by atoms with Gasteiger partial charge in [-0.25, -0.2) is 0 Å². The second-order valence-electron chi connectivity index (χ2n) is 1.81. The number of hydrogen-bond acceptors (Lipinski definition) is 4. The van der Waals surface area contributed by atoms with Gasteiger partial charge in [-0.3, -0.25) is 0 Å². The molecule has 0 fully saturated rings. The SMILES string of the molecule is [CH2][C@H](O)[C@H](O)[C@H](O)CO. The Morgan fingerprint density at radius 3 is 1.78 bits per heavy atom. The minimum atomic E-state index is -1.37. The third kappa shape index (κ3) is 2.76. The molecule has 0 spiro atoms. The minimum absolute atomic E-state index is 0.576. The van der Waals surface area contributed by atoms with Crippen LogP contribution in [0.3, 0.4) is 0 Å². The first-order valence-corrected chi connectivity index (χ1v) is 2.57. The van der Waals surface area contributed by atoms with Crippen molar-refractivity contribution in [1.82, 2.24) is 0 Å². The van der Waals surface area contributed by atoms with E-state index in [0.29, 0.717) is 0 Å². The predicted molar refractivity (Wildman–Crippen MR) is 30.5 cm³/mol. The van der Waals surface area contributed by atoms with Crippen LogP contribution >= 0.6 is 0 Å². The third-order valence-electron chi connectivity index (χ3n) is 0.976. The summed E-state index contributed by atoms with van der Waals surface area (Å²) in [5.74, 6) is 0. The first-order chi connectivity index (χ1) is 4.09. The van der Waals surface area contributed by atoms with Crippen LogP contribution in [0.2, 0.25) is 0 Å². The lowest BCUT2D eigenvalue weighted by molar-refractivity contribution is -0.0619. The molecular formula is C5H11O4. The molecule has 3 atom stereocenters. The highest BCUT2D eigenvalue weighted by Gasteiger charge is 2.19. The normalized spacial score (nSPS) is 21.0. The molecule has 1 radical (unpaired) electrons. The zero-order valence-corrected chi connectivity index (χ0v) is 4.94. The van der Waals surface area contributed by atoms with E-state index in [1.54, 1.807) is 0 Å². The molecule has 9 heavy (non-hydrogen) atoms. The number of aliphatic hydroxyl groups is 4. The van der Waals surface area contributed by atoms with Crippen molar-refractivity contribution in [2.75, 3.05) is 6.61 Å². The van der Waals surface area contributed by atoms with Crippen LogP contribution in [-0.2, 0) is 0 Å². The highest BCUT2D eigenvalue weighted by Crippen LogP contribution is 1.96. The van der Waals surface area contributed by atoms with Crippen LogP contribution in [0.4, 0.5) is 0 Å². The largest absolute Gasteiger partial charge is 0.394 e. The summed E-state index contributed by atoms with van der Waals surface area (Å²) in [5, 5.41) is 34.0. The Morgan fingerprint density at radius 2 is 1.67 bits per heavy atom. The average molecular weight is 135 g/mol. The van der Waals surface area contributed by atoms with Gasteiger partial charge in [0, 0.05) is 0 Å². The van der Waals surface area contributed by atoms with E-state index < -0.39 is 24.9 Å². The van der Waals surface area contributed by atoms with Crippen LogP contribution in [0.25, 0.3) is 0 Å². The van der Waals surface area contributed by atoms with Crippen LogP contribution in [0.1, 0.15) is 0 Å². The molecule has 0 saturated heterocycles. The summed E-state index contributed by atoms with van der Waals surface area (Å²) in [6, 6.07) is 0. The zero-order chi connectivity index (χ0) is 7.44. The quantitative estimate of drug-likeness (QED) is 0.357. The van der Waals surface area contributed by atoms with Crippen molar-refractivity contribution in [2.45, 2.75) is 18.3 Å². The van der Waals surface area contributed by atoms with E-state index in [2.05, 4.69) is 6.92 Å². The van der Waals surface area contributed by atoms with Crippen LogP contribution in [0.5, 0.6) is 0 Å². The Hall–Kier alpha value is -0.160. The topological polar surface area (TPSA) is 80.9 Å². The van der Waals surface area contributed by atoms with Gasteiger partial charge in [0.15, 0.2) is 0 Å². The molecule has 0 aromatic heterocycles. The van der Waals surface area contributed by atoms with E-state index in [0.717, 1.165) is 0 Å². The highest BCUT2D eigenvalue weighted by molar-refractivity contribution is 4.75. The molecule has 4 nitrogen and oxygen atoms in total. The van der Waals surface area contributed by atoms with Crippen LogP contribution in [0.15, 0.2) is 0 Å². The van der Waals surface area contributed by atoms with Gasteiger partial charge in [0.1, 0.15) is 12.2 Å². The summed E-state index contributed by atoms with van der Waals surface area (Å²) in [6.45, 7) is 2.47. The molecule has 0 saturated carbocycles. The fourth-order valence-electron chi connectivity index (χ4n) is 0.364. The Kier molecular flexibility index (Phi) is 3.72. The maximum atomic E-state index is 8.67. The second kappa shape index (κ2) is 3.79. The van der Waals surface area contributed by atoms with Gasteiger partial charge in [0.25, 0.3) is 0 Å². The van der Waals surface area contributed by atoms with Gasteiger partial charge in [-0.15, -0.1) is 0 Å². The smallest absolute Gasteiger partial charge is 0.108 e. The molecule has 0 bridgehead atoms. The van der Waals surface area contributed by atoms with Gasteiger partial charge in [0.2, 0.25) is 0 Å². The molecule has 0 heterocycles. The number of aliphatic hydroxyl groups excluding tert-OH is 4. The average Bonchev–Trinajstić information content (AvgIpc) is 1.84. The molecule has 0 rings (SSSR count). The summed E-state index contributed by atoms with van der Waals surface area (Å²) < 4.78 is 0. The van der Waals surface area contributed by atoms with Crippen molar-refractivity contribution >= 4 is 0 Å². The summed E-state index contributed by atoms with van der Waals surface area (Å²) in [5.41, 5.74) is 0. The van der Waals surface area contributed by atoms with Gasteiger partial charge < -0.3 is 20.4 Å². The van der Waals surface area contributed by atoms with Crippen molar-refractivity contribution in [1.29, 1.82) is 0 Å². The first kappa shape index (κ1) is 8.84. The third-order valence-corrected chi connectivity index (χ3v) is 0.976. The highest BCUT2D eigenvalue weighted by atomic mass is 16.4. The molecule has 0 aromatic rings. The molecule has 0 aliphatic carbocycles. The lowest BCUT2D eigenvalue weighted by Gasteiger charge is -2.17. The van der Waals surface area contributed by atoms with Gasteiger partial charge >= 0.3 is 0 Å². The zero-order valence-electron chi connectivity index (χ0n) is 4.94. The first-order valence-electron chi connectivity index (χ1n) is 2.57. The van der Waals surface area contributed by atoms with Crippen LogP contribution in [-0.4, -0.2) is 45.3 Å². The number of hydrogen-bond donors (Lipinski definition) is 4. The summed E-state index contributed by atoms with van der Waals surface area (Å²) >= 11 is 0. The van der Waals surface area contributed by atoms with E-state index in [4.69, 9.17) is 20.4 Å². The lowest BCUT2D eigenvalue weighted by atomic mass is 10.1. The lowest BCUT2D eigenvalue weighted by Crippen LogP contribution is -2.37. The summed E-state index contributed by atoms with van der Waals surface area (Å²) in [7, 11) is 0. The van der Waals surface area contributed by atoms with Crippen molar-refractivity contribution in [2.24, 2.45) is 0 Å². The Bertz CT molecular complexity index is 73.4. The van der Waals surface area contributed by atoms with Crippen molar-refractivity contribution in [3.8, 4) is 0 Å². The van der Waals surface area contributed by atoms with E-state index in [9.17, 15) is 0 Å². The van der Waals surface area contributed by atoms with Crippen molar-refractivity contribution < 1.29 is 20.4 Å². The van der Waals surface area contributed by atoms with E-state index >= 15 is 0 Å². The molecular weight excluding hydrogens is 124 g/mol. The monoisotopic (exact) mass is 135 g/mol. The van der Waals surface area contributed by atoms with Gasteiger partial charge in [-0.05, 0) is 6.92 Å². The maximum Gasteiger partial charge on any atom is 0.108 e. The molecule has 4 heteroatoms. The van der Waals surface area contributed by atoms with Crippen LogP contribution < -0.4 is 0 Å². The van der Waals surface area contributed by atoms with E-state index in [-0.39, 0.29) is 0 Å². The maximum absolute atomic E-state index is 8.67. The fraction of sp³-hybridized carbons (Fsp3) is 0.800. The molecule has 4 N–H and O–H groups in total. The Balaban J connectivity index is 3.58. The predicted octanol–water partition coefficient (Wildman–Crippen LogP) is -2.10. The van der Waals surface area contributed by atoms with Gasteiger partial charge in [-0.2, -0.15) is 0 Å². The molecule has 0 amide bonds. The fourth-order valence-corrected chi connectivity index (χ4v) is 0.364. The minimum Gasteiger partial charge on any atom is -0.394 e. The van der Waals surface area contributed by atoms with E-state index in [1.165, 1.54) is 0 Å². The molecule has 0 aliphatic rings. The molecule has 0 unspecified atom stereocenters. The molecule has 55 valence electrons. The van der Waals surface area contributed by atoms with Crippen LogP contribution in [0, 0.1) is 6.92 Å². The second-order valence-corrected chi connectivity index (χ2v) is 1.81. The van der Waals surface area contributed by atoms with E-state index in [1.807, 2.05) is 0 Å². The number of rotatable bonds is 3. The summed E-state index contributed by atoms with van der Waals surface area (Å²) in [4.78, 5) is 0. The van der Waals surface area contributed by atoms with Gasteiger partial charge in [0.05, 0.1) is 12.7 Å². The Morgan fingerprint density at radius 1 is 1.22 bits per heavy atom. The molecule has 0 aromatic carbocycles. The standard InChI is InChI=1S/C5H11O4/c1-3(7)5(9)4(8)2-6/h3-9H,1-2H2/t3-,4+,5-/m0/s1. The van der Waals surface area contributed by atoms with Crippen molar-refractivity contribution in [3.63, 3.8) is 0 Å². The summed E-state index contributed by atoms with van der Waals surface area (Å²) in [6.07, 6.45) is -3.93. The van der Waals surface area contributed by atoms with Gasteiger partial charge in [-0.1, -0.05) is 0 Å².